The molecule has 43 heavy (non-hydrogen) atoms. The summed E-state index contributed by atoms with van der Waals surface area (Å²) in [5, 5.41) is 5.93. The van der Waals surface area contributed by atoms with Gasteiger partial charge in [0.15, 0.2) is 15.6 Å². The maximum atomic E-state index is 14.0. The molecule has 3 N–H and O–H groups in total. The number of fused-ring (bicyclic) bond motifs is 9. The third-order valence-electron chi connectivity index (χ3n) is 7.95. The molecule has 0 saturated carbocycles. The van der Waals surface area contributed by atoms with Gasteiger partial charge in [0.2, 0.25) is 0 Å². The number of ketones is 1. The molecule has 2 amide bonds. The van der Waals surface area contributed by atoms with E-state index < -0.39 is 21.1 Å². The summed E-state index contributed by atoms with van der Waals surface area (Å²) in [5.74, 6) is -0.152. The van der Waals surface area contributed by atoms with Crippen LogP contribution in [0.2, 0.25) is 0 Å². The van der Waals surface area contributed by atoms with Gasteiger partial charge in [0.25, 0.3) is 5.56 Å². The molecule has 11 heteroatoms. The number of hydrogen-bond donors (Lipinski definition) is 3. The van der Waals surface area contributed by atoms with Gasteiger partial charge in [-0.25, -0.2) is 18.2 Å². The Morgan fingerprint density at radius 1 is 0.977 bits per heavy atom. The molecule has 1 unspecified atom stereocenters. The fraction of sp³-hybridized carbons (Fsp3) is 0.312. The van der Waals surface area contributed by atoms with Crippen LogP contribution in [0.15, 0.2) is 64.5 Å². The quantitative estimate of drug-likeness (QED) is 0.297. The predicted molar refractivity (Wildman–Crippen MR) is 167 cm³/mol. The number of sulfone groups is 1. The monoisotopic (exact) mass is 601 g/mol. The number of aromatic nitrogens is 2. The normalized spacial score (nSPS) is 16.2. The van der Waals surface area contributed by atoms with Gasteiger partial charge in [0, 0.05) is 31.4 Å². The maximum Gasteiger partial charge on any atom is 0.321 e. The molecular weight excluding hydrogens is 566 g/mol. The van der Waals surface area contributed by atoms with Crippen molar-refractivity contribution in [3.63, 3.8) is 0 Å². The first-order valence-corrected chi connectivity index (χ1v) is 15.7. The molecule has 0 spiro atoms. The SMILES string of the molecule is Cc1cc2cc(C)c1CN(C)C(=O)Nc1ccc(S(=O)(=O)C(C)C)c(c1)CCC(=O)C2Nc1ccc2nc[nH]c(=O)c2c1. The van der Waals surface area contributed by atoms with Crippen molar-refractivity contribution in [2.24, 2.45) is 0 Å². The smallest absolute Gasteiger partial charge is 0.321 e. The molecule has 0 saturated heterocycles. The van der Waals surface area contributed by atoms with Crippen molar-refractivity contribution in [3.8, 4) is 0 Å². The number of nitrogens with zero attached hydrogens (tertiary/aromatic N) is 2. The van der Waals surface area contributed by atoms with Crippen molar-refractivity contribution in [2.75, 3.05) is 17.7 Å². The van der Waals surface area contributed by atoms with E-state index in [-0.39, 0.29) is 35.1 Å². The predicted octanol–water partition coefficient (Wildman–Crippen LogP) is 5.05. The Balaban J connectivity index is 1.62. The molecule has 0 aliphatic carbocycles. The number of rotatable bonds is 4. The standard InChI is InChI=1S/C32H35N5O5S/c1-18(2)43(41,42)29-11-8-23-14-21(29)6-10-28(38)30(35-24-7-9-27-25(15-24)31(39)34-17-33-27)22-12-19(3)26(20(4)13-22)16-37(5)32(40)36-23/h7-9,11-15,17-18,30,35H,6,10,16H2,1-5H3,(H,36,40)(H,33,34,39). The van der Waals surface area contributed by atoms with Gasteiger partial charge >= 0.3 is 6.03 Å². The number of aromatic amines is 1. The first kappa shape index (κ1) is 30.0. The number of H-pyrrole nitrogens is 1. The number of carbonyl (C=O) groups is 2. The van der Waals surface area contributed by atoms with Crippen LogP contribution in [0.25, 0.3) is 10.9 Å². The molecule has 4 aromatic rings. The number of aryl methyl sites for hydroxylation is 3. The minimum atomic E-state index is -3.65. The van der Waals surface area contributed by atoms with Crippen molar-refractivity contribution < 1.29 is 18.0 Å². The van der Waals surface area contributed by atoms with Gasteiger partial charge in [-0.05, 0) is 98.3 Å². The maximum absolute atomic E-state index is 14.0. The minimum absolute atomic E-state index is 0.0329. The van der Waals surface area contributed by atoms with Gasteiger partial charge in [-0.2, -0.15) is 0 Å². The number of carbonyl (C=O) groups excluding carboxylic acids is 2. The fourth-order valence-electron chi connectivity index (χ4n) is 5.43. The highest BCUT2D eigenvalue weighted by Crippen LogP contribution is 2.31. The summed E-state index contributed by atoms with van der Waals surface area (Å²) >= 11 is 0. The van der Waals surface area contributed by atoms with Crippen molar-refractivity contribution >= 4 is 43.9 Å². The van der Waals surface area contributed by atoms with Crippen molar-refractivity contribution in [2.45, 2.75) is 63.3 Å². The summed E-state index contributed by atoms with van der Waals surface area (Å²) < 4.78 is 26.5. The van der Waals surface area contributed by atoms with Crippen LogP contribution in [-0.2, 0) is 27.6 Å². The molecule has 2 aliphatic rings. The lowest BCUT2D eigenvalue weighted by atomic mass is 9.91. The van der Waals surface area contributed by atoms with Crippen LogP contribution in [0.5, 0.6) is 0 Å². The summed E-state index contributed by atoms with van der Waals surface area (Å²) in [6.45, 7) is 7.46. The lowest BCUT2D eigenvalue weighted by Gasteiger charge is -2.24. The van der Waals surface area contributed by atoms with Gasteiger partial charge in [0.05, 0.1) is 27.4 Å². The van der Waals surface area contributed by atoms with Crippen molar-refractivity contribution in [1.82, 2.24) is 14.9 Å². The van der Waals surface area contributed by atoms with Crippen LogP contribution in [0.1, 0.15) is 54.1 Å². The lowest BCUT2D eigenvalue weighted by molar-refractivity contribution is -0.119. The first-order chi connectivity index (χ1) is 20.3. The average Bonchev–Trinajstić information content (AvgIpc) is 2.96. The summed E-state index contributed by atoms with van der Waals surface area (Å²) in [4.78, 5) is 48.1. The number of Topliss-reactive ketones (excluding diaryl/α,β-unsaturated/α-hetero) is 1. The second kappa shape index (κ2) is 11.6. The Morgan fingerprint density at radius 2 is 1.70 bits per heavy atom. The van der Waals surface area contributed by atoms with Crippen LogP contribution in [0, 0.1) is 13.8 Å². The van der Waals surface area contributed by atoms with E-state index in [1.165, 1.54) is 12.4 Å². The van der Waals surface area contributed by atoms with Gasteiger partial charge in [-0.15, -0.1) is 0 Å². The summed E-state index contributed by atoms with van der Waals surface area (Å²) in [7, 11) is -1.96. The van der Waals surface area contributed by atoms with Gasteiger partial charge in [-0.1, -0.05) is 12.1 Å². The Labute approximate surface area is 250 Å². The minimum Gasteiger partial charge on any atom is -0.372 e. The van der Waals surface area contributed by atoms with E-state index in [2.05, 4.69) is 20.6 Å². The number of hydrogen-bond acceptors (Lipinski definition) is 7. The van der Waals surface area contributed by atoms with Crippen LogP contribution >= 0.6 is 0 Å². The van der Waals surface area contributed by atoms with E-state index >= 15 is 0 Å². The Kier molecular flexibility index (Phi) is 8.11. The van der Waals surface area contributed by atoms with Crippen molar-refractivity contribution in [3.05, 3.63) is 93.0 Å². The second-order valence-corrected chi connectivity index (χ2v) is 13.8. The largest absolute Gasteiger partial charge is 0.372 e. The molecule has 3 aromatic carbocycles. The number of nitrogens with one attached hydrogen (secondary N) is 3. The van der Waals surface area contributed by atoms with Gasteiger partial charge in [0.1, 0.15) is 6.04 Å². The van der Waals surface area contributed by atoms with Crippen LogP contribution in [0.4, 0.5) is 16.2 Å². The zero-order chi connectivity index (χ0) is 31.1. The molecule has 0 radical (unpaired) electrons. The summed E-state index contributed by atoms with van der Waals surface area (Å²) in [5.41, 5.74) is 5.27. The molecule has 6 rings (SSSR count). The van der Waals surface area contributed by atoms with E-state index in [0.717, 1.165) is 22.3 Å². The topological polar surface area (TPSA) is 141 Å². The zero-order valence-corrected chi connectivity index (χ0v) is 25.6. The highest BCUT2D eigenvalue weighted by Gasteiger charge is 2.27. The van der Waals surface area contributed by atoms with Gasteiger partial charge < -0.3 is 20.5 Å². The summed E-state index contributed by atoms with van der Waals surface area (Å²) in [6, 6.07) is 12.6. The average molecular weight is 602 g/mol. The molecule has 1 aromatic heterocycles. The van der Waals surface area contributed by atoms with Crippen molar-refractivity contribution in [1.29, 1.82) is 0 Å². The van der Waals surface area contributed by atoms with E-state index in [0.29, 0.717) is 34.4 Å². The molecule has 224 valence electrons. The number of anilines is 2. The van der Waals surface area contributed by atoms with E-state index in [1.807, 2.05) is 26.0 Å². The number of benzene rings is 3. The Bertz CT molecular complexity index is 1890. The Morgan fingerprint density at radius 3 is 2.40 bits per heavy atom. The van der Waals surface area contributed by atoms with E-state index in [4.69, 9.17) is 0 Å². The molecule has 4 bridgehead atoms. The Hall–Kier alpha value is -4.51. The van der Waals surface area contributed by atoms with Crippen LogP contribution in [-0.4, -0.2) is 47.4 Å². The fourth-order valence-corrected chi connectivity index (χ4v) is 6.72. The number of amides is 2. The third kappa shape index (κ3) is 6.03. The van der Waals surface area contributed by atoms with Gasteiger partial charge in [-0.3, -0.25) is 9.59 Å². The molecular formula is C32H35N5O5S. The van der Waals surface area contributed by atoms with E-state index in [1.54, 1.807) is 56.1 Å². The molecule has 2 aliphatic heterocycles. The lowest BCUT2D eigenvalue weighted by Crippen LogP contribution is -2.31. The van der Waals surface area contributed by atoms with Crippen LogP contribution in [0.3, 0.4) is 0 Å². The molecule has 0 fully saturated rings. The highest BCUT2D eigenvalue weighted by atomic mass is 32.2. The number of urea groups is 1. The first-order valence-electron chi connectivity index (χ1n) is 14.1. The highest BCUT2D eigenvalue weighted by molar-refractivity contribution is 7.92. The van der Waals surface area contributed by atoms with Crippen LogP contribution < -0.4 is 16.2 Å². The van der Waals surface area contributed by atoms with E-state index in [9.17, 15) is 22.8 Å². The zero-order valence-electron chi connectivity index (χ0n) is 24.8. The molecule has 1 atom stereocenters. The molecule has 10 nitrogen and oxygen atoms in total. The summed E-state index contributed by atoms with van der Waals surface area (Å²) in [6.07, 6.45) is 1.53. The third-order valence-corrected chi connectivity index (χ3v) is 10.2. The second-order valence-electron chi connectivity index (χ2n) is 11.3. The molecule has 3 heterocycles.